The zero-order valence-corrected chi connectivity index (χ0v) is 10.7. The highest BCUT2D eigenvalue weighted by Crippen LogP contribution is 2.25. The fraction of sp³-hybridized carbons (Fsp3) is 0.333. The molecule has 4 heteroatoms. The second-order valence-corrected chi connectivity index (χ2v) is 4.72. The number of nitrogens with zero attached hydrogens (tertiary/aromatic N) is 2. The molecule has 1 amide bonds. The van der Waals surface area contributed by atoms with E-state index >= 15 is 0 Å². The Morgan fingerprint density at radius 2 is 2.37 bits per heavy atom. The summed E-state index contributed by atoms with van der Waals surface area (Å²) in [5, 5.41) is 18.2. The van der Waals surface area contributed by atoms with Gasteiger partial charge in [-0.1, -0.05) is 12.1 Å². The predicted molar refractivity (Wildman–Crippen MR) is 71.9 cm³/mol. The van der Waals surface area contributed by atoms with E-state index in [9.17, 15) is 9.90 Å². The molecule has 1 aliphatic carbocycles. The predicted octanol–water partition coefficient (Wildman–Crippen LogP) is 2.58. The summed E-state index contributed by atoms with van der Waals surface area (Å²) in [4.78, 5) is 12.7. The lowest BCUT2D eigenvalue weighted by molar-refractivity contribution is 0.126. The van der Waals surface area contributed by atoms with Crippen LogP contribution in [0.4, 0.5) is 4.79 Å². The molecule has 0 fully saturated rings. The lowest BCUT2D eigenvalue weighted by Gasteiger charge is -2.32. The molecule has 98 valence electrons. The lowest BCUT2D eigenvalue weighted by Crippen LogP contribution is -2.42. The van der Waals surface area contributed by atoms with Crippen molar-refractivity contribution in [2.24, 2.45) is 0 Å². The van der Waals surface area contributed by atoms with Gasteiger partial charge >= 0.3 is 6.09 Å². The molecule has 1 N–H and O–H groups in total. The smallest absolute Gasteiger partial charge is 0.407 e. The Bertz CT molecular complexity index is 546. The summed E-state index contributed by atoms with van der Waals surface area (Å²) in [5.41, 5.74) is 2.94. The molecule has 1 unspecified atom stereocenters. The summed E-state index contributed by atoms with van der Waals surface area (Å²) in [5.74, 6) is 0. The van der Waals surface area contributed by atoms with Crippen molar-refractivity contribution in [2.45, 2.75) is 25.3 Å². The van der Waals surface area contributed by atoms with Gasteiger partial charge in [-0.25, -0.2) is 4.79 Å². The summed E-state index contributed by atoms with van der Waals surface area (Å²) in [6, 6.07) is 7.76. The average Bonchev–Trinajstić information content (AvgIpc) is 2.43. The van der Waals surface area contributed by atoms with Crippen molar-refractivity contribution in [1.29, 1.82) is 5.26 Å². The molecule has 1 aliphatic rings. The van der Waals surface area contributed by atoms with E-state index in [4.69, 9.17) is 5.26 Å². The van der Waals surface area contributed by atoms with Crippen LogP contribution in [0.5, 0.6) is 0 Å². The summed E-state index contributed by atoms with van der Waals surface area (Å²) in [6.45, 7) is 3.94. The summed E-state index contributed by atoms with van der Waals surface area (Å²) < 4.78 is 0. The van der Waals surface area contributed by atoms with Gasteiger partial charge in [0.15, 0.2) is 0 Å². The minimum atomic E-state index is -0.912. The molecule has 0 saturated heterocycles. The van der Waals surface area contributed by atoms with E-state index in [2.05, 4.69) is 12.6 Å². The Morgan fingerprint density at radius 1 is 1.58 bits per heavy atom. The summed E-state index contributed by atoms with van der Waals surface area (Å²) in [7, 11) is 0. The van der Waals surface area contributed by atoms with E-state index in [1.165, 1.54) is 10.5 Å². The Labute approximate surface area is 112 Å². The van der Waals surface area contributed by atoms with Crippen molar-refractivity contribution in [1.82, 2.24) is 4.90 Å². The van der Waals surface area contributed by atoms with Crippen LogP contribution in [0.2, 0.25) is 0 Å². The number of aryl methyl sites for hydroxylation is 1. The van der Waals surface area contributed by atoms with Gasteiger partial charge in [-0.2, -0.15) is 5.26 Å². The molecule has 1 aromatic carbocycles. The molecule has 0 aliphatic heterocycles. The van der Waals surface area contributed by atoms with Crippen molar-refractivity contribution in [2.75, 3.05) is 6.54 Å². The molecule has 0 bridgehead atoms. The second-order valence-electron chi connectivity index (χ2n) is 4.72. The van der Waals surface area contributed by atoms with Gasteiger partial charge in [0.2, 0.25) is 0 Å². The molecule has 1 atom stereocenters. The van der Waals surface area contributed by atoms with Gasteiger partial charge in [0, 0.05) is 12.6 Å². The molecule has 2 rings (SSSR count). The molecular formula is C15H16N2O2. The molecular weight excluding hydrogens is 240 g/mol. The van der Waals surface area contributed by atoms with E-state index in [1.54, 1.807) is 6.08 Å². The minimum absolute atomic E-state index is 0.0306. The number of nitriles is 1. The number of hydrogen-bond acceptors (Lipinski definition) is 2. The molecule has 0 saturated carbocycles. The number of carbonyl (C=O) groups is 1. The van der Waals surface area contributed by atoms with Crippen LogP contribution < -0.4 is 0 Å². The van der Waals surface area contributed by atoms with Gasteiger partial charge in [0.05, 0.1) is 11.6 Å². The Kier molecular flexibility index (Phi) is 3.86. The number of fused-ring (bicyclic) bond motifs is 1. The van der Waals surface area contributed by atoms with Crippen LogP contribution in [0, 0.1) is 11.3 Å². The van der Waals surface area contributed by atoms with Gasteiger partial charge in [0.1, 0.15) is 0 Å². The first-order valence-corrected chi connectivity index (χ1v) is 6.28. The molecule has 0 spiro atoms. The lowest BCUT2D eigenvalue weighted by atomic mass is 9.86. The van der Waals surface area contributed by atoms with Gasteiger partial charge in [0.25, 0.3) is 0 Å². The number of benzene rings is 1. The fourth-order valence-electron chi connectivity index (χ4n) is 2.60. The van der Waals surface area contributed by atoms with Gasteiger partial charge in [-0.05, 0) is 42.5 Å². The van der Waals surface area contributed by atoms with Gasteiger partial charge in [-0.3, -0.25) is 0 Å². The van der Waals surface area contributed by atoms with E-state index in [0.717, 1.165) is 18.4 Å². The van der Waals surface area contributed by atoms with Crippen molar-refractivity contribution < 1.29 is 9.90 Å². The first kappa shape index (κ1) is 13.2. The van der Waals surface area contributed by atoms with Crippen molar-refractivity contribution >= 4 is 6.09 Å². The molecule has 0 aromatic heterocycles. The highest BCUT2D eigenvalue weighted by molar-refractivity contribution is 5.66. The normalized spacial score (nSPS) is 17.1. The monoisotopic (exact) mass is 256 g/mol. The number of carboxylic acid groups (broad SMARTS) is 1. The highest BCUT2D eigenvalue weighted by Gasteiger charge is 2.26. The second kappa shape index (κ2) is 5.57. The molecule has 1 aromatic rings. The average molecular weight is 256 g/mol. The third-order valence-corrected chi connectivity index (χ3v) is 3.55. The Hall–Kier alpha value is -2.28. The maximum Gasteiger partial charge on any atom is 0.407 e. The number of hydrogen-bond donors (Lipinski definition) is 1. The number of rotatable bonds is 3. The van der Waals surface area contributed by atoms with Gasteiger partial charge in [-0.15, -0.1) is 6.58 Å². The van der Waals surface area contributed by atoms with E-state index < -0.39 is 6.09 Å². The SMILES string of the molecule is C=CCN(C(=O)O)C1CCc2ccc(C#N)cc2C1. The maximum absolute atomic E-state index is 11.2. The van der Waals surface area contributed by atoms with Crippen LogP contribution in [0.25, 0.3) is 0 Å². The van der Waals surface area contributed by atoms with Crippen LogP contribution in [-0.2, 0) is 12.8 Å². The van der Waals surface area contributed by atoms with E-state index in [1.807, 2.05) is 18.2 Å². The number of amides is 1. The van der Waals surface area contributed by atoms with Crippen LogP contribution in [0.3, 0.4) is 0 Å². The van der Waals surface area contributed by atoms with Crippen molar-refractivity contribution in [3.8, 4) is 6.07 Å². The summed E-state index contributed by atoms with van der Waals surface area (Å²) >= 11 is 0. The topological polar surface area (TPSA) is 64.3 Å². The molecule has 0 radical (unpaired) electrons. The summed E-state index contributed by atoms with van der Waals surface area (Å²) in [6.07, 6.45) is 3.04. The Morgan fingerprint density at radius 3 is 3.00 bits per heavy atom. The standard InChI is InChI=1S/C15H16N2O2/c1-2-7-17(15(18)19)14-6-5-12-4-3-11(10-16)8-13(12)9-14/h2-4,8,14H,1,5-7,9H2,(H,18,19). The third-order valence-electron chi connectivity index (χ3n) is 3.55. The Balaban J connectivity index is 2.22. The van der Waals surface area contributed by atoms with Crippen LogP contribution in [0.15, 0.2) is 30.9 Å². The highest BCUT2D eigenvalue weighted by atomic mass is 16.4. The zero-order valence-electron chi connectivity index (χ0n) is 10.7. The molecule has 19 heavy (non-hydrogen) atoms. The largest absolute Gasteiger partial charge is 0.465 e. The first-order chi connectivity index (χ1) is 9.15. The molecule has 4 nitrogen and oxygen atoms in total. The van der Waals surface area contributed by atoms with Crippen molar-refractivity contribution in [3.05, 3.63) is 47.5 Å². The van der Waals surface area contributed by atoms with Gasteiger partial charge < -0.3 is 10.0 Å². The van der Waals surface area contributed by atoms with Crippen LogP contribution >= 0.6 is 0 Å². The fourth-order valence-corrected chi connectivity index (χ4v) is 2.60. The van der Waals surface area contributed by atoms with Crippen molar-refractivity contribution in [3.63, 3.8) is 0 Å². The quantitative estimate of drug-likeness (QED) is 0.845. The first-order valence-electron chi connectivity index (χ1n) is 6.28. The van der Waals surface area contributed by atoms with Crippen LogP contribution in [0.1, 0.15) is 23.1 Å². The van der Waals surface area contributed by atoms with E-state index in [-0.39, 0.29) is 6.04 Å². The molecule has 0 heterocycles. The van der Waals surface area contributed by atoms with Crippen LogP contribution in [-0.4, -0.2) is 28.7 Å². The van der Waals surface area contributed by atoms with E-state index in [0.29, 0.717) is 18.5 Å². The maximum atomic E-state index is 11.2. The third kappa shape index (κ3) is 2.76. The zero-order chi connectivity index (χ0) is 13.8. The minimum Gasteiger partial charge on any atom is -0.465 e.